The van der Waals surface area contributed by atoms with Gasteiger partial charge in [0.15, 0.2) is 5.78 Å². The molecule has 5 nitrogen and oxygen atoms in total. The summed E-state index contributed by atoms with van der Waals surface area (Å²) < 4.78 is 15.9. The van der Waals surface area contributed by atoms with Crippen molar-refractivity contribution in [3.05, 3.63) is 0 Å². The first-order valence-electron chi connectivity index (χ1n) is 6.13. The second-order valence-electron chi connectivity index (χ2n) is 4.77. The van der Waals surface area contributed by atoms with E-state index in [9.17, 15) is 4.79 Å². The Morgan fingerprint density at radius 1 is 1.29 bits per heavy atom. The number of hydrogen-bond donors (Lipinski definition) is 0. The molecule has 0 aromatic heterocycles. The fraction of sp³-hybridized carbons (Fsp3) is 0.917. The molecule has 3 atom stereocenters. The van der Waals surface area contributed by atoms with Gasteiger partial charge in [0.1, 0.15) is 0 Å². The maximum absolute atomic E-state index is 12.0. The third kappa shape index (κ3) is 3.04. The Balaban J connectivity index is 1.81. The summed E-state index contributed by atoms with van der Waals surface area (Å²) in [6.07, 6.45) is 1.02. The lowest BCUT2D eigenvalue weighted by Crippen LogP contribution is -2.32. The van der Waals surface area contributed by atoms with Gasteiger partial charge in [-0.1, -0.05) is 0 Å². The number of Topliss-reactive ketones (excluding diaryl/α,β-unsaturated/α-hetero) is 1. The summed E-state index contributed by atoms with van der Waals surface area (Å²) in [5.74, 6) is 0.381. The summed E-state index contributed by atoms with van der Waals surface area (Å²) >= 11 is 0. The molecule has 17 heavy (non-hydrogen) atoms. The zero-order valence-corrected chi connectivity index (χ0v) is 10.6. The average molecular weight is 243 g/mol. The Hall–Kier alpha value is -0.490. The van der Waals surface area contributed by atoms with E-state index in [0.717, 1.165) is 26.1 Å². The molecule has 0 amide bonds. The van der Waals surface area contributed by atoms with E-state index in [2.05, 4.69) is 4.90 Å². The minimum Gasteiger partial charge on any atom is -0.381 e. The maximum atomic E-state index is 12.0. The number of carbonyl (C=O) groups excluding carboxylic acids is 1. The van der Waals surface area contributed by atoms with Crippen LogP contribution in [0.15, 0.2) is 0 Å². The Morgan fingerprint density at radius 2 is 1.94 bits per heavy atom. The molecule has 0 bridgehead atoms. The van der Waals surface area contributed by atoms with Crippen LogP contribution in [-0.4, -0.2) is 70.0 Å². The molecule has 0 aromatic carbocycles. The number of methoxy groups -OCH3 is 2. The molecule has 2 aliphatic rings. The van der Waals surface area contributed by atoms with Gasteiger partial charge in [-0.15, -0.1) is 0 Å². The van der Waals surface area contributed by atoms with Crippen molar-refractivity contribution < 1.29 is 19.0 Å². The van der Waals surface area contributed by atoms with Crippen molar-refractivity contribution in [2.24, 2.45) is 5.92 Å². The highest BCUT2D eigenvalue weighted by molar-refractivity contribution is 5.83. The average Bonchev–Trinajstić information content (AvgIpc) is 2.97. The molecule has 98 valence electrons. The van der Waals surface area contributed by atoms with Crippen LogP contribution in [0.2, 0.25) is 0 Å². The van der Waals surface area contributed by atoms with E-state index in [0.29, 0.717) is 13.2 Å². The summed E-state index contributed by atoms with van der Waals surface area (Å²) in [5.41, 5.74) is 0. The highest BCUT2D eigenvalue weighted by atomic mass is 16.5. The van der Waals surface area contributed by atoms with Gasteiger partial charge in [-0.05, 0) is 6.42 Å². The van der Waals surface area contributed by atoms with E-state index >= 15 is 0 Å². The molecular weight excluding hydrogens is 222 g/mol. The number of carbonyl (C=O) groups is 1. The molecule has 5 heteroatoms. The molecule has 2 saturated heterocycles. The van der Waals surface area contributed by atoms with Crippen molar-refractivity contribution in [3.8, 4) is 0 Å². The number of hydrogen-bond acceptors (Lipinski definition) is 5. The Kier molecular flexibility index (Phi) is 4.50. The molecule has 0 aliphatic carbocycles. The lowest BCUT2D eigenvalue weighted by Gasteiger charge is -2.16. The second-order valence-corrected chi connectivity index (χ2v) is 4.77. The monoisotopic (exact) mass is 243 g/mol. The first-order valence-corrected chi connectivity index (χ1v) is 6.13. The highest BCUT2D eigenvalue weighted by Crippen LogP contribution is 2.18. The van der Waals surface area contributed by atoms with E-state index in [4.69, 9.17) is 14.2 Å². The number of ether oxygens (including phenoxy) is 3. The van der Waals surface area contributed by atoms with Crippen LogP contribution < -0.4 is 0 Å². The van der Waals surface area contributed by atoms with Crippen molar-refractivity contribution in [2.75, 3.05) is 47.1 Å². The minimum atomic E-state index is 0.0765. The molecule has 2 aliphatic heterocycles. The van der Waals surface area contributed by atoms with Crippen LogP contribution in [0.25, 0.3) is 0 Å². The fourth-order valence-corrected chi connectivity index (χ4v) is 2.54. The van der Waals surface area contributed by atoms with Crippen molar-refractivity contribution >= 4 is 5.78 Å². The van der Waals surface area contributed by atoms with Crippen LogP contribution >= 0.6 is 0 Å². The Bertz CT molecular complexity index is 253. The first kappa shape index (κ1) is 13.0. The minimum absolute atomic E-state index is 0.0765. The van der Waals surface area contributed by atoms with Crippen LogP contribution in [0.3, 0.4) is 0 Å². The zero-order chi connectivity index (χ0) is 12.3. The standard InChI is InChI=1S/C12H21NO4/c1-15-11-6-13(7-12(11)16-2)5-10(14)9-3-4-17-8-9/h9,11-12H,3-8H2,1-2H3. The van der Waals surface area contributed by atoms with E-state index in [1.165, 1.54) is 0 Å². The number of rotatable bonds is 5. The van der Waals surface area contributed by atoms with Gasteiger partial charge < -0.3 is 14.2 Å². The third-order valence-corrected chi connectivity index (χ3v) is 3.66. The van der Waals surface area contributed by atoms with Crippen molar-refractivity contribution in [3.63, 3.8) is 0 Å². The summed E-state index contributed by atoms with van der Waals surface area (Å²) in [4.78, 5) is 14.1. The molecule has 0 aromatic rings. The quantitative estimate of drug-likeness (QED) is 0.677. The van der Waals surface area contributed by atoms with Gasteiger partial charge in [0.25, 0.3) is 0 Å². The van der Waals surface area contributed by atoms with Crippen LogP contribution in [0.4, 0.5) is 0 Å². The Morgan fingerprint density at radius 3 is 2.41 bits per heavy atom. The van der Waals surface area contributed by atoms with Crippen LogP contribution in [0, 0.1) is 5.92 Å². The predicted octanol–water partition coefficient (Wildman–Crippen LogP) is -0.0624. The highest BCUT2D eigenvalue weighted by Gasteiger charge is 2.35. The SMILES string of the molecule is COC1CN(CC(=O)C2CCOC2)CC1OC. The largest absolute Gasteiger partial charge is 0.381 e. The van der Waals surface area contributed by atoms with E-state index in [-0.39, 0.29) is 23.9 Å². The van der Waals surface area contributed by atoms with Crippen molar-refractivity contribution in [1.29, 1.82) is 0 Å². The van der Waals surface area contributed by atoms with Gasteiger partial charge in [-0.3, -0.25) is 9.69 Å². The summed E-state index contributed by atoms with van der Waals surface area (Å²) in [6, 6.07) is 0. The van der Waals surface area contributed by atoms with Gasteiger partial charge >= 0.3 is 0 Å². The molecular formula is C12H21NO4. The van der Waals surface area contributed by atoms with Gasteiger partial charge in [-0.2, -0.15) is 0 Å². The lowest BCUT2D eigenvalue weighted by molar-refractivity contribution is -0.123. The number of nitrogens with zero attached hydrogens (tertiary/aromatic N) is 1. The summed E-state index contributed by atoms with van der Waals surface area (Å²) in [5, 5.41) is 0. The predicted molar refractivity (Wildman–Crippen MR) is 62.0 cm³/mol. The Labute approximate surface area is 102 Å². The molecule has 0 saturated carbocycles. The molecule has 2 heterocycles. The molecule has 0 radical (unpaired) electrons. The van der Waals surface area contributed by atoms with Crippen molar-refractivity contribution in [2.45, 2.75) is 18.6 Å². The molecule has 0 spiro atoms. The topological polar surface area (TPSA) is 48.0 Å². The summed E-state index contributed by atoms with van der Waals surface area (Å²) in [6.45, 7) is 3.35. The van der Waals surface area contributed by atoms with Gasteiger partial charge in [0.05, 0.1) is 25.4 Å². The number of likely N-dealkylation sites (tertiary alicyclic amines) is 1. The van der Waals surface area contributed by atoms with Gasteiger partial charge in [-0.25, -0.2) is 0 Å². The molecule has 0 N–H and O–H groups in total. The normalized spacial score (nSPS) is 34.4. The molecule has 3 unspecified atom stereocenters. The van der Waals surface area contributed by atoms with Crippen LogP contribution in [0.5, 0.6) is 0 Å². The fourth-order valence-electron chi connectivity index (χ4n) is 2.54. The molecule has 2 rings (SSSR count). The smallest absolute Gasteiger partial charge is 0.152 e. The van der Waals surface area contributed by atoms with Crippen molar-refractivity contribution in [1.82, 2.24) is 4.90 Å². The third-order valence-electron chi connectivity index (χ3n) is 3.66. The lowest BCUT2D eigenvalue weighted by atomic mass is 10.0. The second kappa shape index (κ2) is 5.91. The van der Waals surface area contributed by atoms with E-state index < -0.39 is 0 Å². The van der Waals surface area contributed by atoms with Crippen LogP contribution in [0.1, 0.15) is 6.42 Å². The van der Waals surface area contributed by atoms with Crippen LogP contribution in [-0.2, 0) is 19.0 Å². The van der Waals surface area contributed by atoms with E-state index in [1.54, 1.807) is 14.2 Å². The molecule has 2 fully saturated rings. The van der Waals surface area contributed by atoms with Gasteiger partial charge in [0, 0.05) is 39.8 Å². The zero-order valence-electron chi connectivity index (χ0n) is 10.6. The van der Waals surface area contributed by atoms with E-state index in [1.807, 2.05) is 0 Å². The maximum Gasteiger partial charge on any atom is 0.152 e. The van der Waals surface area contributed by atoms with Gasteiger partial charge in [0.2, 0.25) is 0 Å². The number of ketones is 1. The first-order chi connectivity index (χ1) is 8.24. The summed E-state index contributed by atoms with van der Waals surface area (Å²) in [7, 11) is 3.37.